The van der Waals surface area contributed by atoms with Gasteiger partial charge >= 0.3 is 0 Å². The van der Waals surface area contributed by atoms with E-state index < -0.39 is 0 Å². The predicted octanol–water partition coefficient (Wildman–Crippen LogP) is 1.16. The third-order valence-corrected chi connectivity index (χ3v) is 5.24. The van der Waals surface area contributed by atoms with E-state index in [1.807, 2.05) is 23.1 Å². The molecule has 24 heavy (non-hydrogen) atoms. The fourth-order valence-corrected chi connectivity index (χ4v) is 4.04. The molecule has 0 aromatic carbocycles. The first-order chi connectivity index (χ1) is 11.6. The topological polar surface area (TPSA) is 79.5 Å². The van der Waals surface area contributed by atoms with Gasteiger partial charge in [-0.15, -0.1) is 0 Å². The number of likely N-dealkylation sites (tertiary alicyclic amines) is 2. The molecule has 0 aliphatic carbocycles. The van der Waals surface area contributed by atoms with E-state index in [0.717, 1.165) is 51.1 Å². The van der Waals surface area contributed by atoms with Crippen LogP contribution in [0.2, 0.25) is 0 Å². The molecule has 2 saturated heterocycles. The van der Waals surface area contributed by atoms with E-state index in [4.69, 9.17) is 5.73 Å². The summed E-state index contributed by atoms with van der Waals surface area (Å²) in [7, 11) is 0. The van der Waals surface area contributed by atoms with Gasteiger partial charge in [-0.2, -0.15) is 0 Å². The van der Waals surface area contributed by atoms with Crippen LogP contribution in [0.25, 0.3) is 0 Å². The number of hydrogen-bond acceptors (Lipinski definition) is 4. The molecule has 6 heteroatoms. The van der Waals surface area contributed by atoms with Crippen LogP contribution < -0.4 is 5.73 Å². The van der Waals surface area contributed by atoms with Gasteiger partial charge in [0.1, 0.15) is 0 Å². The molecule has 1 atom stereocenters. The Morgan fingerprint density at radius 2 is 2.17 bits per heavy atom. The zero-order chi connectivity index (χ0) is 17.0. The van der Waals surface area contributed by atoms with Crippen LogP contribution in [0.15, 0.2) is 24.4 Å². The average molecular weight is 330 g/mol. The lowest BCUT2D eigenvalue weighted by atomic mass is 9.73. The van der Waals surface area contributed by atoms with Gasteiger partial charge < -0.3 is 15.5 Å². The Hall–Kier alpha value is -1.95. The lowest BCUT2D eigenvalue weighted by Gasteiger charge is -2.48. The summed E-state index contributed by atoms with van der Waals surface area (Å²) in [5.74, 6) is -0.0224. The molecule has 3 heterocycles. The standard InChI is InChI=1S/C18H26N4O2/c19-16(23)6-11-21-10-3-7-18(13-21)8-5-17(24)22(14-18)12-15-4-1-2-9-20-15/h1-2,4,9H,3,5-8,10-14H2,(H2,19,23)/t18-/m0/s1. The number of aromatic nitrogens is 1. The third kappa shape index (κ3) is 4.12. The van der Waals surface area contributed by atoms with Crippen molar-refractivity contribution in [1.29, 1.82) is 0 Å². The second-order valence-electron chi connectivity index (χ2n) is 7.17. The minimum absolute atomic E-state index is 0.151. The van der Waals surface area contributed by atoms with Gasteiger partial charge in [-0.25, -0.2) is 0 Å². The Kier molecular flexibility index (Phi) is 5.14. The third-order valence-electron chi connectivity index (χ3n) is 5.24. The number of amides is 2. The molecule has 0 bridgehead atoms. The van der Waals surface area contributed by atoms with Gasteiger partial charge in [0.2, 0.25) is 11.8 Å². The lowest BCUT2D eigenvalue weighted by molar-refractivity contribution is -0.140. The van der Waals surface area contributed by atoms with Crippen LogP contribution in [-0.2, 0) is 16.1 Å². The number of hydrogen-bond donors (Lipinski definition) is 1. The molecule has 1 spiro atoms. The average Bonchev–Trinajstić information content (AvgIpc) is 2.58. The number of nitrogens with two attached hydrogens (primary N) is 1. The lowest BCUT2D eigenvalue weighted by Crippen LogP contribution is -2.54. The summed E-state index contributed by atoms with van der Waals surface area (Å²) in [6.07, 6.45) is 5.99. The highest BCUT2D eigenvalue weighted by Crippen LogP contribution is 2.39. The molecule has 2 aliphatic heterocycles. The van der Waals surface area contributed by atoms with Crippen LogP contribution in [0, 0.1) is 5.41 Å². The van der Waals surface area contributed by atoms with Gasteiger partial charge in [0, 0.05) is 44.1 Å². The number of pyridine rings is 1. The SMILES string of the molecule is NC(=O)CCN1CCC[C@]2(CCC(=O)N(Cc3ccccn3)C2)C1. The van der Waals surface area contributed by atoms with Gasteiger partial charge in [-0.05, 0) is 37.9 Å². The number of carbonyl (C=O) groups excluding carboxylic acids is 2. The molecule has 2 fully saturated rings. The summed E-state index contributed by atoms with van der Waals surface area (Å²) in [5.41, 5.74) is 6.37. The van der Waals surface area contributed by atoms with Gasteiger partial charge in [0.15, 0.2) is 0 Å². The normalized spacial score (nSPS) is 25.2. The van der Waals surface area contributed by atoms with Crippen molar-refractivity contribution < 1.29 is 9.59 Å². The molecule has 6 nitrogen and oxygen atoms in total. The first-order valence-electron chi connectivity index (χ1n) is 8.75. The van der Waals surface area contributed by atoms with Crippen LogP contribution in [0.3, 0.4) is 0 Å². The van der Waals surface area contributed by atoms with Crippen molar-refractivity contribution in [1.82, 2.24) is 14.8 Å². The molecule has 0 unspecified atom stereocenters. The van der Waals surface area contributed by atoms with Crippen LogP contribution >= 0.6 is 0 Å². The van der Waals surface area contributed by atoms with Crippen LogP contribution in [0.5, 0.6) is 0 Å². The zero-order valence-electron chi connectivity index (χ0n) is 14.1. The number of piperidine rings is 2. The molecule has 130 valence electrons. The van der Waals surface area contributed by atoms with Gasteiger partial charge in [0.05, 0.1) is 12.2 Å². The molecule has 2 N–H and O–H groups in total. The minimum Gasteiger partial charge on any atom is -0.370 e. The minimum atomic E-state index is -0.245. The van der Waals surface area contributed by atoms with Gasteiger partial charge in [-0.3, -0.25) is 14.6 Å². The Balaban J connectivity index is 1.64. The first kappa shape index (κ1) is 16.9. The zero-order valence-corrected chi connectivity index (χ0v) is 14.1. The van der Waals surface area contributed by atoms with Crippen molar-refractivity contribution in [2.75, 3.05) is 26.2 Å². The Labute approximate surface area is 143 Å². The molecule has 2 amide bonds. The van der Waals surface area contributed by atoms with Crippen molar-refractivity contribution in [2.45, 2.75) is 38.6 Å². The van der Waals surface area contributed by atoms with Gasteiger partial charge in [-0.1, -0.05) is 6.07 Å². The first-order valence-corrected chi connectivity index (χ1v) is 8.75. The quantitative estimate of drug-likeness (QED) is 0.879. The van der Waals surface area contributed by atoms with E-state index in [0.29, 0.717) is 19.4 Å². The summed E-state index contributed by atoms with van der Waals surface area (Å²) in [6, 6.07) is 5.81. The van der Waals surface area contributed by atoms with Crippen molar-refractivity contribution in [2.24, 2.45) is 11.1 Å². The summed E-state index contributed by atoms with van der Waals surface area (Å²) < 4.78 is 0. The van der Waals surface area contributed by atoms with Crippen LogP contribution in [0.4, 0.5) is 0 Å². The largest absolute Gasteiger partial charge is 0.370 e. The maximum absolute atomic E-state index is 12.3. The molecular formula is C18H26N4O2. The van der Waals surface area contributed by atoms with E-state index in [9.17, 15) is 9.59 Å². The van der Waals surface area contributed by atoms with E-state index in [1.54, 1.807) is 6.20 Å². The smallest absolute Gasteiger partial charge is 0.222 e. The van der Waals surface area contributed by atoms with Crippen molar-refractivity contribution in [3.63, 3.8) is 0 Å². The summed E-state index contributed by atoms with van der Waals surface area (Å²) >= 11 is 0. The maximum atomic E-state index is 12.3. The molecular weight excluding hydrogens is 304 g/mol. The highest BCUT2D eigenvalue weighted by molar-refractivity contribution is 5.77. The Morgan fingerprint density at radius 3 is 2.92 bits per heavy atom. The number of rotatable bonds is 5. The highest BCUT2D eigenvalue weighted by atomic mass is 16.2. The van der Waals surface area contributed by atoms with E-state index >= 15 is 0 Å². The number of nitrogens with zero attached hydrogens (tertiary/aromatic N) is 3. The number of primary amides is 1. The maximum Gasteiger partial charge on any atom is 0.222 e. The Morgan fingerprint density at radius 1 is 1.29 bits per heavy atom. The number of carbonyl (C=O) groups is 2. The highest BCUT2D eigenvalue weighted by Gasteiger charge is 2.41. The van der Waals surface area contributed by atoms with E-state index in [-0.39, 0.29) is 17.2 Å². The summed E-state index contributed by atoms with van der Waals surface area (Å²) in [5, 5.41) is 0. The monoisotopic (exact) mass is 330 g/mol. The summed E-state index contributed by atoms with van der Waals surface area (Å²) in [4.78, 5) is 32.0. The van der Waals surface area contributed by atoms with Crippen molar-refractivity contribution >= 4 is 11.8 Å². The van der Waals surface area contributed by atoms with Crippen molar-refractivity contribution in [3.8, 4) is 0 Å². The second kappa shape index (κ2) is 7.30. The molecule has 0 saturated carbocycles. The fourth-order valence-electron chi connectivity index (χ4n) is 4.04. The van der Waals surface area contributed by atoms with Crippen molar-refractivity contribution in [3.05, 3.63) is 30.1 Å². The summed E-state index contributed by atoms with van der Waals surface area (Å²) in [6.45, 7) is 4.07. The molecule has 1 aromatic heterocycles. The van der Waals surface area contributed by atoms with Crippen LogP contribution in [-0.4, -0.2) is 52.8 Å². The second-order valence-corrected chi connectivity index (χ2v) is 7.17. The van der Waals surface area contributed by atoms with E-state index in [1.165, 1.54) is 0 Å². The predicted molar refractivity (Wildman–Crippen MR) is 90.8 cm³/mol. The van der Waals surface area contributed by atoms with E-state index in [2.05, 4.69) is 9.88 Å². The van der Waals surface area contributed by atoms with Gasteiger partial charge in [0.25, 0.3) is 0 Å². The molecule has 1 aromatic rings. The molecule has 0 radical (unpaired) electrons. The molecule has 3 rings (SSSR count). The fraction of sp³-hybridized carbons (Fsp3) is 0.611. The van der Waals surface area contributed by atoms with Crippen LogP contribution in [0.1, 0.15) is 37.8 Å². The Bertz CT molecular complexity index is 592. The molecule has 2 aliphatic rings.